The average Bonchev–Trinajstić information content (AvgIpc) is 2.75. The SMILES string of the molecule is CCC[C@H]1CC[C@H]([C@H]2CC[C@H](C(=O)Oc3ccc(OC(F)C(F)(F)F)cc3)CC2)CC1. The van der Waals surface area contributed by atoms with Crippen LogP contribution in [0.3, 0.4) is 0 Å². The highest BCUT2D eigenvalue weighted by Gasteiger charge is 2.42. The molecule has 7 heteroatoms. The second-order valence-electron chi connectivity index (χ2n) is 9.05. The molecule has 0 aromatic heterocycles. The largest absolute Gasteiger partial charge is 0.457 e. The summed E-state index contributed by atoms with van der Waals surface area (Å²) in [5, 5.41) is 0. The summed E-state index contributed by atoms with van der Waals surface area (Å²) in [6.07, 6.45) is 3.16. The average molecular weight is 445 g/mol. The van der Waals surface area contributed by atoms with Crippen molar-refractivity contribution < 1.29 is 31.8 Å². The molecule has 1 aromatic carbocycles. The molecule has 2 fully saturated rings. The van der Waals surface area contributed by atoms with Gasteiger partial charge in [0.05, 0.1) is 5.92 Å². The van der Waals surface area contributed by atoms with Gasteiger partial charge in [0.1, 0.15) is 11.5 Å². The Morgan fingerprint density at radius 2 is 1.45 bits per heavy atom. The van der Waals surface area contributed by atoms with E-state index < -0.39 is 12.5 Å². The van der Waals surface area contributed by atoms with Gasteiger partial charge in [-0.15, -0.1) is 0 Å². The predicted molar refractivity (Wildman–Crippen MR) is 109 cm³/mol. The minimum absolute atomic E-state index is 0.149. The number of ether oxygens (including phenoxy) is 2. The van der Waals surface area contributed by atoms with Gasteiger partial charge < -0.3 is 9.47 Å². The lowest BCUT2D eigenvalue weighted by Crippen LogP contribution is -2.30. The van der Waals surface area contributed by atoms with Crippen LogP contribution in [0.2, 0.25) is 0 Å². The van der Waals surface area contributed by atoms with Crippen molar-refractivity contribution in [3.8, 4) is 11.5 Å². The first-order valence-corrected chi connectivity index (χ1v) is 11.5. The van der Waals surface area contributed by atoms with Crippen LogP contribution in [0.4, 0.5) is 17.6 Å². The first-order valence-electron chi connectivity index (χ1n) is 11.5. The van der Waals surface area contributed by atoms with Crippen LogP contribution in [0.15, 0.2) is 24.3 Å². The lowest BCUT2D eigenvalue weighted by Gasteiger charge is -2.37. The molecule has 0 amide bonds. The third kappa shape index (κ3) is 6.84. The van der Waals surface area contributed by atoms with Crippen LogP contribution >= 0.6 is 0 Å². The number of halogens is 4. The highest BCUT2D eigenvalue weighted by atomic mass is 19.4. The summed E-state index contributed by atoms with van der Waals surface area (Å²) in [5.74, 6) is 1.86. The molecule has 1 atom stereocenters. The van der Waals surface area contributed by atoms with Gasteiger partial charge in [-0.3, -0.25) is 4.79 Å². The Labute approximate surface area is 181 Å². The van der Waals surface area contributed by atoms with Gasteiger partial charge in [-0.1, -0.05) is 32.6 Å². The fourth-order valence-electron chi connectivity index (χ4n) is 5.15. The molecule has 3 nitrogen and oxygen atoms in total. The molecule has 3 rings (SSSR count). The van der Waals surface area contributed by atoms with E-state index in [-0.39, 0.29) is 23.4 Å². The molecule has 0 heterocycles. The van der Waals surface area contributed by atoms with E-state index in [4.69, 9.17) is 4.74 Å². The Bertz CT molecular complexity index is 688. The van der Waals surface area contributed by atoms with Crippen LogP contribution in [0.25, 0.3) is 0 Å². The minimum Gasteiger partial charge on any atom is -0.452 e. The van der Waals surface area contributed by atoms with Crippen molar-refractivity contribution in [1.29, 1.82) is 0 Å². The second-order valence-corrected chi connectivity index (χ2v) is 9.05. The molecule has 0 spiro atoms. The van der Waals surface area contributed by atoms with E-state index in [0.29, 0.717) is 5.92 Å². The number of alkyl halides is 4. The molecule has 1 unspecified atom stereocenters. The lowest BCUT2D eigenvalue weighted by atomic mass is 9.69. The molecule has 0 saturated heterocycles. The normalized spacial score (nSPS) is 28.0. The van der Waals surface area contributed by atoms with E-state index in [0.717, 1.165) is 49.7 Å². The predicted octanol–water partition coefficient (Wildman–Crippen LogP) is 7.24. The molecule has 174 valence electrons. The van der Waals surface area contributed by atoms with E-state index >= 15 is 0 Å². The minimum atomic E-state index is -5.08. The van der Waals surface area contributed by atoms with E-state index in [1.807, 2.05) is 0 Å². The summed E-state index contributed by atoms with van der Waals surface area (Å²) in [5.41, 5.74) is 0. The number of rotatable bonds is 7. The van der Waals surface area contributed by atoms with Crippen LogP contribution in [0, 0.1) is 23.7 Å². The highest BCUT2D eigenvalue weighted by Crippen LogP contribution is 2.42. The fraction of sp³-hybridized carbons (Fsp3) is 0.708. The molecule has 2 saturated carbocycles. The number of carbonyl (C=O) groups is 1. The monoisotopic (exact) mass is 444 g/mol. The van der Waals surface area contributed by atoms with Crippen LogP contribution in [0.5, 0.6) is 11.5 Å². The van der Waals surface area contributed by atoms with E-state index in [2.05, 4.69) is 11.7 Å². The summed E-state index contributed by atoms with van der Waals surface area (Å²) in [6.45, 7) is 2.25. The molecule has 0 N–H and O–H groups in total. The Balaban J connectivity index is 1.42. The van der Waals surface area contributed by atoms with E-state index in [1.54, 1.807) is 0 Å². The molecule has 1 aromatic rings. The van der Waals surface area contributed by atoms with Gasteiger partial charge in [-0.05, 0) is 80.5 Å². The number of esters is 1. The Kier molecular flexibility index (Phi) is 8.23. The number of carbonyl (C=O) groups excluding carboxylic acids is 1. The van der Waals surface area contributed by atoms with Gasteiger partial charge in [0, 0.05) is 0 Å². The van der Waals surface area contributed by atoms with Gasteiger partial charge in [-0.25, -0.2) is 0 Å². The van der Waals surface area contributed by atoms with Crippen molar-refractivity contribution in [1.82, 2.24) is 0 Å². The maximum Gasteiger partial charge on any atom is 0.457 e. The molecule has 2 aliphatic carbocycles. The van der Waals surface area contributed by atoms with Crippen molar-refractivity contribution >= 4 is 5.97 Å². The second kappa shape index (κ2) is 10.7. The van der Waals surface area contributed by atoms with Gasteiger partial charge in [0.25, 0.3) is 0 Å². The van der Waals surface area contributed by atoms with Gasteiger partial charge in [0.2, 0.25) is 0 Å². The molecule has 0 bridgehead atoms. The molecular weight excluding hydrogens is 412 g/mol. The summed E-state index contributed by atoms with van der Waals surface area (Å²) < 4.78 is 59.2. The smallest absolute Gasteiger partial charge is 0.452 e. The van der Waals surface area contributed by atoms with Crippen LogP contribution in [-0.4, -0.2) is 18.5 Å². The maximum atomic E-state index is 12.9. The summed E-state index contributed by atoms with van der Waals surface area (Å²) in [4.78, 5) is 12.5. The standard InChI is InChI=1S/C24H32F4O3/c1-2-3-16-4-6-17(7-5-16)18-8-10-19(11-9-18)22(29)30-20-12-14-21(15-13-20)31-23(25)24(26,27)28/h12-19,23H,2-11H2,1H3/t16-,17-,18-,19-,23?. The third-order valence-corrected chi connectivity index (χ3v) is 6.90. The van der Waals surface area contributed by atoms with Crippen LogP contribution in [-0.2, 0) is 4.79 Å². The first kappa shape index (κ1) is 23.9. The zero-order valence-electron chi connectivity index (χ0n) is 18.0. The zero-order valence-corrected chi connectivity index (χ0v) is 18.0. The first-order chi connectivity index (χ1) is 14.8. The van der Waals surface area contributed by atoms with E-state index in [9.17, 15) is 22.4 Å². The maximum absolute atomic E-state index is 12.9. The molecule has 0 aliphatic heterocycles. The summed E-state index contributed by atoms with van der Waals surface area (Å²) >= 11 is 0. The highest BCUT2D eigenvalue weighted by molar-refractivity contribution is 5.75. The Hall–Kier alpha value is -1.79. The molecule has 2 aliphatic rings. The van der Waals surface area contributed by atoms with Crippen molar-refractivity contribution in [2.24, 2.45) is 23.7 Å². The van der Waals surface area contributed by atoms with Crippen molar-refractivity contribution in [3.63, 3.8) is 0 Å². The summed E-state index contributed by atoms with van der Waals surface area (Å²) in [6, 6.07) is 4.95. The quantitative estimate of drug-likeness (QED) is 0.253. The van der Waals surface area contributed by atoms with Gasteiger partial charge in [0.15, 0.2) is 0 Å². The van der Waals surface area contributed by atoms with E-state index in [1.165, 1.54) is 50.7 Å². The topological polar surface area (TPSA) is 35.5 Å². The van der Waals surface area contributed by atoms with Gasteiger partial charge in [-0.2, -0.15) is 17.6 Å². The molecular formula is C24H32F4O3. The Morgan fingerprint density at radius 3 is 1.97 bits per heavy atom. The fourth-order valence-corrected chi connectivity index (χ4v) is 5.15. The molecule has 31 heavy (non-hydrogen) atoms. The Morgan fingerprint density at radius 1 is 0.935 bits per heavy atom. The van der Waals surface area contributed by atoms with Crippen LogP contribution < -0.4 is 9.47 Å². The van der Waals surface area contributed by atoms with Crippen molar-refractivity contribution in [2.75, 3.05) is 0 Å². The summed E-state index contributed by atoms with van der Waals surface area (Å²) in [7, 11) is 0. The number of benzene rings is 1. The third-order valence-electron chi connectivity index (χ3n) is 6.90. The molecule has 0 radical (unpaired) electrons. The van der Waals surface area contributed by atoms with Crippen LogP contribution in [0.1, 0.15) is 71.1 Å². The number of hydrogen-bond acceptors (Lipinski definition) is 3. The zero-order chi connectivity index (χ0) is 22.4. The lowest BCUT2D eigenvalue weighted by molar-refractivity contribution is -0.236. The number of hydrogen-bond donors (Lipinski definition) is 0. The van der Waals surface area contributed by atoms with Crippen molar-refractivity contribution in [3.05, 3.63) is 24.3 Å². The van der Waals surface area contributed by atoms with Crippen molar-refractivity contribution in [2.45, 2.75) is 83.7 Å². The van der Waals surface area contributed by atoms with Gasteiger partial charge >= 0.3 is 18.5 Å².